The highest BCUT2D eigenvalue weighted by Gasteiger charge is 2.39. The first-order chi connectivity index (χ1) is 15.0. The number of hydrogen-bond donors (Lipinski definition) is 2. The van der Waals surface area contributed by atoms with Crippen molar-refractivity contribution in [2.24, 2.45) is 5.73 Å². The number of alkyl halides is 3. The highest BCUT2D eigenvalue weighted by atomic mass is 19.4. The highest BCUT2D eigenvalue weighted by Crippen LogP contribution is 2.38. The number of benzene rings is 2. The number of nitrogens with one attached hydrogen (secondary N) is 1. The number of amides is 2. The molecule has 0 aliphatic carbocycles. The highest BCUT2D eigenvalue weighted by molar-refractivity contribution is 6.24. The number of hydrogen-bond acceptors (Lipinski definition) is 6. The molecule has 2 amide bonds. The molecule has 11 heteroatoms. The Morgan fingerprint density at radius 1 is 0.906 bits per heavy atom. The van der Waals surface area contributed by atoms with E-state index in [0.29, 0.717) is 22.8 Å². The van der Waals surface area contributed by atoms with Gasteiger partial charge in [-0.25, -0.2) is 0 Å². The minimum Gasteiger partial charge on any atom is -0.496 e. The van der Waals surface area contributed by atoms with Gasteiger partial charge in [-0.05, 0) is 23.8 Å². The van der Waals surface area contributed by atoms with Gasteiger partial charge in [0.1, 0.15) is 23.0 Å². The van der Waals surface area contributed by atoms with Crippen molar-refractivity contribution in [2.75, 3.05) is 33.8 Å². The van der Waals surface area contributed by atoms with Crippen LogP contribution in [0.2, 0.25) is 0 Å². The molecule has 0 fully saturated rings. The predicted molar refractivity (Wildman–Crippen MR) is 111 cm³/mol. The van der Waals surface area contributed by atoms with Crippen LogP contribution in [0.4, 0.5) is 18.9 Å². The Morgan fingerprint density at radius 3 is 1.91 bits per heavy atom. The van der Waals surface area contributed by atoms with Gasteiger partial charge in [0.2, 0.25) is 5.91 Å². The third kappa shape index (κ3) is 5.42. The van der Waals surface area contributed by atoms with Crippen LogP contribution in [0.25, 0.3) is 11.6 Å². The van der Waals surface area contributed by atoms with Crippen LogP contribution in [0.15, 0.2) is 30.3 Å². The van der Waals surface area contributed by atoms with E-state index < -0.39 is 18.0 Å². The van der Waals surface area contributed by atoms with E-state index in [4.69, 9.17) is 24.7 Å². The largest absolute Gasteiger partial charge is 0.496 e. The van der Waals surface area contributed by atoms with E-state index in [2.05, 4.69) is 0 Å². The molecule has 0 aromatic heterocycles. The summed E-state index contributed by atoms with van der Waals surface area (Å²) in [6.07, 6.45) is -3.76. The molecule has 0 saturated heterocycles. The normalized spacial score (nSPS) is 11.5. The van der Waals surface area contributed by atoms with Gasteiger partial charge in [-0.1, -0.05) is 6.07 Å². The number of carbonyl (C=O) groups is 2. The van der Waals surface area contributed by atoms with Crippen molar-refractivity contribution in [3.63, 3.8) is 0 Å². The van der Waals surface area contributed by atoms with Crippen LogP contribution < -0.4 is 30.0 Å². The van der Waals surface area contributed by atoms with E-state index in [1.54, 1.807) is 17.4 Å². The number of primary amides is 1. The van der Waals surface area contributed by atoms with Crippen molar-refractivity contribution in [3.05, 3.63) is 41.5 Å². The minimum absolute atomic E-state index is 0.0465. The fourth-order valence-corrected chi connectivity index (χ4v) is 2.78. The molecule has 2 aromatic carbocycles. The van der Waals surface area contributed by atoms with Gasteiger partial charge in [0.15, 0.2) is 0 Å². The van der Waals surface area contributed by atoms with Crippen molar-refractivity contribution < 1.29 is 41.7 Å². The van der Waals surface area contributed by atoms with Crippen LogP contribution in [0.1, 0.15) is 11.1 Å². The van der Waals surface area contributed by atoms with Crippen molar-refractivity contribution in [2.45, 2.75) is 6.18 Å². The molecule has 0 spiro atoms. The average molecular weight is 454 g/mol. The molecule has 0 saturated carbocycles. The molecule has 0 aliphatic rings. The summed E-state index contributed by atoms with van der Waals surface area (Å²) in [5, 5.41) is 1.73. The number of anilines is 1. The molecule has 0 bridgehead atoms. The molecular formula is C21H21F3N2O6. The van der Waals surface area contributed by atoms with E-state index in [1.807, 2.05) is 0 Å². The summed E-state index contributed by atoms with van der Waals surface area (Å²) in [5.41, 5.74) is 5.61. The Morgan fingerprint density at radius 2 is 1.47 bits per heavy atom. The summed E-state index contributed by atoms with van der Waals surface area (Å²) in [7, 11) is 5.46. The zero-order chi connectivity index (χ0) is 24.1. The Bertz CT molecular complexity index is 1030. The summed E-state index contributed by atoms with van der Waals surface area (Å²) in [5.74, 6) is -2.12. The molecule has 32 heavy (non-hydrogen) atoms. The molecule has 8 nitrogen and oxygen atoms in total. The number of rotatable bonds is 8. The third-order valence-corrected chi connectivity index (χ3v) is 4.32. The summed E-state index contributed by atoms with van der Waals surface area (Å²) in [6.45, 7) is 0. The van der Waals surface area contributed by atoms with Crippen molar-refractivity contribution in [3.8, 4) is 23.0 Å². The van der Waals surface area contributed by atoms with E-state index in [0.717, 1.165) is 6.07 Å². The monoisotopic (exact) mass is 454 g/mol. The Balaban J connectivity index is 2.66. The second-order valence-electron chi connectivity index (χ2n) is 6.23. The van der Waals surface area contributed by atoms with Gasteiger partial charge < -0.3 is 30.0 Å². The lowest BCUT2D eigenvalue weighted by atomic mass is 10.00. The Hall–Kier alpha value is -3.89. The third-order valence-electron chi connectivity index (χ3n) is 4.32. The van der Waals surface area contributed by atoms with Crippen LogP contribution >= 0.6 is 0 Å². The molecule has 2 rings (SSSR count). The van der Waals surface area contributed by atoms with Gasteiger partial charge >= 0.3 is 12.1 Å². The first kappa shape index (κ1) is 24.4. The molecule has 3 N–H and O–H groups in total. The molecule has 0 aliphatic heterocycles. The van der Waals surface area contributed by atoms with Gasteiger partial charge in [0, 0.05) is 17.7 Å². The maximum atomic E-state index is 12.7. The van der Waals surface area contributed by atoms with Crippen LogP contribution in [0, 0.1) is 0 Å². The molecular weight excluding hydrogens is 433 g/mol. The predicted octanol–water partition coefficient (Wildman–Crippen LogP) is 3.25. The van der Waals surface area contributed by atoms with Crippen LogP contribution in [-0.2, 0) is 9.59 Å². The van der Waals surface area contributed by atoms with Crippen molar-refractivity contribution >= 4 is 29.2 Å². The van der Waals surface area contributed by atoms with E-state index in [1.165, 1.54) is 46.6 Å². The Kier molecular flexibility index (Phi) is 7.58. The topological polar surface area (TPSA) is 109 Å². The first-order valence-corrected chi connectivity index (χ1v) is 8.93. The SMILES string of the molecule is COc1cc(OC)c(C=C(C(N)=O)c2ccc(OC)c(NC(=O)C(F)(F)F)c2)c(OC)c1. The lowest BCUT2D eigenvalue weighted by molar-refractivity contribution is -0.167. The van der Waals surface area contributed by atoms with E-state index in [-0.39, 0.29) is 22.6 Å². The van der Waals surface area contributed by atoms with Crippen LogP contribution in [-0.4, -0.2) is 46.4 Å². The van der Waals surface area contributed by atoms with Gasteiger partial charge in [-0.3, -0.25) is 9.59 Å². The zero-order valence-corrected chi connectivity index (χ0v) is 17.6. The fourth-order valence-electron chi connectivity index (χ4n) is 2.78. The second kappa shape index (κ2) is 9.94. The Labute approximate surface area is 181 Å². The number of nitrogens with two attached hydrogens (primary N) is 1. The van der Waals surface area contributed by atoms with Gasteiger partial charge in [-0.15, -0.1) is 0 Å². The maximum absolute atomic E-state index is 12.7. The quantitative estimate of drug-likeness (QED) is 0.468. The van der Waals surface area contributed by atoms with Crippen molar-refractivity contribution in [1.29, 1.82) is 0 Å². The zero-order valence-electron chi connectivity index (χ0n) is 17.6. The first-order valence-electron chi connectivity index (χ1n) is 8.93. The van der Waals surface area contributed by atoms with Gasteiger partial charge in [0.25, 0.3) is 0 Å². The lowest BCUT2D eigenvalue weighted by Crippen LogP contribution is -2.30. The average Bonchev–Trinajstić information content (AvgIpc) is 2.75. The van der Waals surface area contributed by atoms with Gasteiger partial charge in [-0.2, -0.15) is 13.2 Å². The molecule has 172 valence electrons. The smallest absolute Gasteiger partial charge is 0.471 e. The molecule has 2 aromatic rings. The van der Waals surface area contributed by atoms with Crippen LogP contribution in [0.5, 0.6) is 23.0 Å². The van der Waals surface area contributed by atoms with Crippen molar-refractivity contribution in [1.82, 2.24) is 0 Å². The molecule has 0 radical (unpaired) electrons. The molecule has 0 atom stereocenters. The number of methoxy groups -OCH3 is 4. The molecule has 0 unspecified atom stereocenters. The standard InChI is InChI=1S/C21H21F3N2O6/c1-29-12-8-17(31-3)14(18(9-12)32-4)10-13(19(25)27)11-5-6-16(30-2)15(7-11)26-20(28)21(22,23)24/h5-10H,1-4H3,(H2,25,27)(H,26,28). The summed E-state index contributed by atoms with van der Waals surface area (Å²) in [6, 6.07) is 6.94. The number of carbonyl (C=O) groups excluding carboxylic acids is 2. The summed E-state index contributed by atoms with van der Waals surface area (Å²) < 4.78 is 58.9. The summed E-state index contributed by atoms with van der Waals surface area (Å²) >= 11 is 0. The summed E-state index contributed by atoms with van der Waals surface area (Å²) in [4.78, 5) is 23.6. The number of ether oxygens (including phenoxy) is 4. The molecule has 0 heterocycles. The maximum Gasteiger partial charge on any atom is 0.471 e. The van der Waals surface area contributed by atoms with Crippen LogP contribution in [0.3, 0.4) is 0 Å². The van der Waals surface area contributed by atoms with Gasteiger partial charge in [0.05, 0.1) is 39.7 Å². The lowest BCUT2D eigenvalue weighted by Gasteiger charge is -2.15. The second-order valence-corrected chi connectivity index (χ2v) is 6.23. The number of halogens is 3. The van der Waals surface area contributed by atoms with E-state index in [9.17, 15) is 22.8 Å². The minimum atomic E-state index is -5.12. The fraction of sp³-hybridized carbons (Fsp3) is 0.238. The van der Waals surface area contributed by atoms with E-state index >= 15 is 0 Å².